The van der Waals surface area contributed by atoms with Gasteiger partial charge in [0.1, 0.15) is 0 Å². The number of hydrogen-bond acceptors (Lipinski definition) is 4. The standard InChI is InChI=1S/C17H20N4O2/c1-13(22)20-8-10-21(11-9-20)16(23)12-19-15-6-2-4-14-5-3-7-18-17(14)15/h2-7,19H,8-12H2,1H3. The first-order chi connectivity index (χ1) is 11.1. The maximum Gasteiger partial charge on any atom is 0.241 e. The van der Waals surface area contributed by atoms with Crippen molar-refractivity contribution in [3.8, 4) is 0 Å². The maximum atomic E-state index is 12.3. The maximum absolute atomic E-state index is 12.3. The van der Waals surface area contributed by atoms with E-state index in [9.17, 15) is 9.59 Å². The molecule has 3 rings (SSSR count). The Kier molecular flexibility index (Phi) is 4.41. The first kappa shape index (κ1) is 15.3. The molecule has 2 heterocycles. The van der Waals surface area contributed by atoms with E-state index in [4.69, 9.17) is 0 Å². The number of amides is 2. The lowest BCUT2D eigenvalue weighted by atomic mass is 10.2. The molecule has 1 aromatic heterocycles. The summed E-state index contributed by atoms with van der Waals surface area (Å²) in [6, 6.07) is 9.76. The van der Waals surface area contributed by atoms with Crippen molar-refractivity contribution in [2.24, 2.45) is 0 Å². The molecule has 1 aliphatic rings. The second kappa shape index (κ2) is 6.64. The lowest BCUT2D eigenvalue weighted by molar-refractivity contribution is -0.137. The summed E-state index contributed by atoms with van der Waals surface area (Å²) in [4.78, 5) is 31.6. The van der Waals surface area contributed by atoms with Crippen LogP contribution in [0, 0.1) is 0 Å². The molecule has 120 valence electrons. The Labute approximate surface area is 135 Å². The fourth-order valence-corrected chi connectivity index (χ4v) is 2.80. The van der Waals surface area contributed by atoms with Gasteiger partial charge in [-0.1, -0.05) is 18.2 Å². The highest BCUT2D eigenvalue weighted by Gasteiger charge is 2.22. The van der Waals surface area contributed by atoms with E-state index < -0.39 is 0 Å². The molecule has 1 aliphatic heterocycles. The summed E-state index contributed by atoms with van der Waals surface area (Å²) in [5.74, 6) is 0.109. The van der Waals surface area contributed by atoms with E-state index in [1.54, 1.807) is 22.9 Å². The minimum Gasteiger partial charge on any atom is -0.374 e. The summed E-state index contributed by atoms with van der Waals surface area (Å²) < 4.78 is 0. The molecule has 1 saturated heterocycles. The number of carbonyl (C=O) groups is 2. The zero-order valence-corrected chi connectivity index (χ0v) is 13.2. The number of para-hydroxylation sites is 1. The topological polar surface area (TPSA) is 65.5 Å². The Hall–Kier alpha value is -2.63. The van der Waals surface area contributed by atoms with Crippen molar-refractivity contribution in [2.45, 2.75) is 6.92 Å². The van der Waals surface area contributed by atoms with Gasteiger partial charge in [-0.05, 0) is 12.1 Å². The van der Waals surface area contributed by atoms with Crippen molar-refractivity contribution in [1.29, 1.82) is 0 Å². The van der Waals surface area contributed by atoms with Crippen LogP contribution in [-0.2, 0) is 9.59 Å². The van der Waals surface area contributed by atoms with Crippen LogP contribution in [0.2, 0.25) is 0 Å². The fourth-order valence-electron chi connectivity index (χ4n) is 2.80. The molecule has 0 saturated carbocycles. The van der Waals surface area contributed by atoms with Gasteiger partial charge in [0.25, 0.3) is 0 Å². The number of pyridine rings is 1. The van der Waals surface area contributed by atoms with Gasteiger partial charge >= 0.3 is 0 Å². The average Bonchev–Trinajstić information content (AvgIpc) is 2.59. The molecule has 6 heteroatoms. The third-order valence-electron chi connectivity index (χ3n) is 4.14. The highest BCUT2D eigenvalue weighted by molar-refractivity contribution is 5.92. The number of rotatable bonds is 3. The van der Waals surface area contributed by atoms with Gasteiger partial charge in [0.2, 0.25) is 11.8 Å². The second-order valence-electron chi connectivity index (χ2n) is 5.62. The number of piperazine rings is 1. The third kappa shape index (κ3) is 3.41. The van der Waals surface area contributed by atoms with E-state index in [2.05, 4.69) is 10.3 Å². The molecule has 6 nitrogen and oxygen atoms in total. The monoisotopic (exact) mass is 312 g/mol. The molecule has 2 aromatic rings. The van der Waals surface area contributed by atoms with Gasteiger partial charge in [-0.25, -0.2) is 0 Å². The van der Waals surface area contributed by atoms with Crippen LogP contribution in [0.5, 0.6) is 0 Å². The summed E-state index contributed by atoms with van der Waals surface area (Å²) in [5.41, 5.74) is 1.73. The summed E-state index contributed by atoms with van der Waals surface area (Å²) in [6.45, 7) is 4.19. The first-order valence-corrected chi connectivity index (χ1v) is 7.76. The zero-order valence-electron chi connectivity index (χ0n) is 13.2. The van der Waals surface area contributed by atoms with Crippen LogP contribution in [0.15, 0.2) is 36.5 Å². The molecule has 0 atom stereocenters. The second-order valence-corrected chi connectivity index (χ2v) is 5.62. The van der Waals surface area contributed by atoms with E-state index >= 15 is 0 Å². The molecule has 1 N–H and O–H groups in total. The van der Waals surface area contributed by atoms with Gasteiger partial charge in [-0.3, -0.25) is 14.6 Å². The average molecular weight is 312 g/mol. The van der Waals surface area contributed by atoms with Crippen LogP contribution < -0.4 is 5.32 Å². The van der Waals surface area contributed by atoms with Crippen molar-refractivity contribution >= 4 is 28.4 Å². The van der Waals surface area contributed by atoms with E-state index in [-0.39, 0.29) is 18.4 Å². The fraction of sp³-hybridized carbons (Fsp3) is 0.353. The van der Waals surface area contributed by atoms with Crippen LogP contribution in [0.4, 0.5) is 5.69 Å². The Morgan fingerprint density at radius 1 is 1.09 bits per heavy atom. The van der Waals surface area contributed by atoms with Crippen LogP contribution in [-0.4, -0.2) is 59.3 Å². The van der Waals surface area contributed by atoms with Crippen molar-refractivity contribution in [3.05, 3.63) is 36.5 Å². The third-order valence-corrected chi connectivity index (χ3v) is 4.14. The molecule has 1 fully saturated rings. The Morgan fingerprint density at radius 3 is 2.52 bits per heavy atom. The van der Waals surface area contributed by atoms with Gasteiger partial charge in [0.15, 0.2) is 0 Å². The lowest BCUT2D eigenvalue weighted by Gasteiger charge is -2.34. The smallest absolute Gasteiger partial charge is 0.241 e. The predicted octanol–water partition coefficient (Wildman–Crippen LogP) is 1.34. The molecule has 0 aliphatic carbocycles. The quantitative estimate of drug-likeness (QED) is 0.929. The van der Waals surface area contributed by atoms with Crippen LogP contribution in [0.3, 0.4) is 0 Å². The van der Waals surface area contributed by atoms with Gasteiger partial charge < -0.3 is 15.1 Å². The summed E-state index contributed by atoms with van der Waals surface area (Å²) in [6.07, 6.45) is 1.75. The van der Waals surface area contributed by atoms with E-state index in [1.165, 1.54) is 0 Å². The van der Waals surface area contributed by atoms with Crippen molar-refractivity contribution in [1.82, 2.24) is 14.8 Å². The van der Waals surface area contributed by atoms with Crippen molar-refractivity contribution in [3.63, 3.8) is 0 Å². The molecule has 0 spiro atoms. The molecule has 23 heavy (non-hydrogen) atoms. The lowest BCUT2D eigenvalue weighted by Crippen LogP contribution is -2.51. The van der Waals surface area contributed by atoms with Gasteiger partial charge in [-0.2, -0.15) is 0 Å². The largest absolute Gasteiger partial charge is 0.374 e. The SMILES string of the molecule is CC(=O)N1CCN(C(=O)CNc2cccc3cccnc23)CC1. The summed E-state index contributed by atoms with van der Waals surface area (Å²) >= 11 is 0. The highest BCUT2D eigenvalue weighted by atomic mass is 16.2. The summed E-state index contributed by atoms with van der Waals surface area (Å²) in [5, 5.41) is 4.23. The minimum absolute atomic E-state index is 0.0427. The summed E-state index contributed by atoms with van der Waals surface area (Å²) in [7, 11) is 0. The van der Waals surface area contributed by atoms with Crippen LogP contribution in [0.25, 0.3) is 10.9 Å². The number of aromatic nitrogens is 1. The molecule has 0 unspecified atom stereocenters. The van der Waals surface area contributed by atoms with Crippen molar-refractivity contribution < 1.29 is 9.59 Å². The molecular formula is C17H20N4O2. The number of nitrogens with zero attached hydrogens (tertiary/aromatic N) is 3. The van der Waals surface area contributed by atoms with E-state index in [1.807, 2.05) is 30.3 Å². The van der Waals surface area contributed by atoms with Crippen LogP contribution in [0.1, 0.15) is 6.92 Å². The first-order valence-electron chi connectivity index (χ1n) is 7.76. The van der Waals surface area contributed by atoms with Gasteiger partial charge in [0.05, 0.1) is 17.7 Å². The number of nitrogens with one attached hydrogen (secondary N) is 1. The molecule has 1 aromatic carbocycles. The predicted molar refractivity (Wildman–Crippen MR) is 89.1 cm³/mol. The number of carbonyl (C=O) groups excluding carboxylic acids is 2. The normalized spacial score (nSPS) is 14.8. The van der Waals surface area contributed by atoms with Gasteiger partial charge in [-0.15, -0.1) is 0 Å². The Bertz CT molecular complexity index is 718. The molecule has 0 radical (unpaired) electrons. The number of hydrogen-bond donors (Lipinski definition) is 1. The number of benzene rings is 1. The van der Waals surface area contributed by atoms with Crippen LogP contribution >= 0.6 is 0 Å². The number of fused-ring (bicyclic) bond motifs is 1. The highest BCUT2D eigenvalue weighted by Crippen LogP contribution is 2.20. The van der Waals surface area contributed by atoms with E-state index in [0.29, 0.717) is 26.2 Å². The van der Waals surface area contributed by atoms with Crippen molar-refractivity contribution in [2.75, 3.05) is 38.0 Å². The number of anilines is 1. The zero-order chi connectivity index (χ0) is 16.2. The molecule has 2 amide bonds. The van der Waals surface area contributed by atoms with E-state index in [0.717, 1.165) is 16.6 Å². The van der Waals surface area contributed by atoms with Gasteiger partial charge in [0, 0.05) is 44.7 Å². The Morgan fingerprint density at radius 2 is 1.78 bits per heavy atom. The Balaban J connectivity index is 1.60. The molecule has 0 bridgehead atoms. The minimum atomic E-state index is 0.0427. The molecular weight excluding hydrogens is 292 g/mol.